The molecule has 176 valence electrons. The molecule has 0 aliphatic rings. The molecule has 0 radical (unpaired) electrons. The molecule has 0 bridgehead atoms. The van der Waals surface area contributed by atoms with E-state index in [1.54, 1.807) is 19.2 Å². The summed E-state index contributed by atoms with van der Waals surface area (Å²) in [7, 11) is -2.77. The van der Waals surface area contributed by atoms with Gasteiger partial charge in [0.1, 0.15) is 11.5 Å². The lowest BCUT2D eigenvalue weighted by atomic mass is 9.99. The van der Waals surface area contributed by atoms with Gasteiger partial charge in [0.15, 0.2) is 5.82 Å². The predicted octanol–water partition coefficient (Wildman–Crippen LogP) is 4.66. The zero-order valence-electron chi connectivity index (χ0n) is 18.7. The lowest BCUT2D eigenvalue weighted by Crippen LogP contribution is -2.32. The van der Waals surface area contributed by atoms with E-state index < -0.39 is 38.9 Å². The second kappa shape index (κ2) is 8.96. The first kappa shape index (κ1) is 23.5. The van der Waals surface area contributed by atoms with Gasteiger partial charge in [-0.05, 0) is 30.7 Å². The maximum absolute atomic E-state index is 15.2. The number of hydrogen-bond donors (Lipinski definition) is 2. The van der Waals surface area contributed by atoms with Gasteiger partial charge in [0.25, 0.3) is 0 Å². The Hall–Kier alpha value is -3.63. The average molecular weight is 485 g/mol. The fourth-order valence-corrected chi connectivity index (χ4v) is 4.47. The fraction of sp³-hybridized carbons (Fsp3) is 0.167. The Kier molecular flexibility index (Phi) is 6.20. The van der Waals surface area contributed by atoms with E-state index in [1.807, 2.05) is 31.2 Å². The number of benzene rings is 2. The molecular formula is C24H22F2N4O3S. The number of aryl methyl sites for hydroxylation is 1. The average Bonchev–Trinajstić information content (AvgIpc) is 3.23. The van der Waals surface area contributed by atoms with Gasteiger partial charge in [0.2, 0.25) is 5.78 Å². The number of halogens is 2. The van der Waals surface area contributed by atoms with Crippen LogP contribution in [0.3, 0.4) is 0 Å². The number of ketones is 1. The third-order valence-electron chi connectivity index (χ3n) is 5.54. The van der Waals surface area contributed by atoms with Crippen LogP contribution in [0.1, 0.15) is 28.4 Å². The normalized spacial score (nSPS) is 11.8. The second-order valence-corrected chi connectivity index (χ2v) is 9.60. The Morgan fingerprint density at radius 1 is 1.15 bits per heavy atom. The standard InChI is InChI=1S/C24H22F2N4O3S/c1-4-30(3)34(32,33)29-20-9-8-19(25)21(22(20)26)23(31)18-13-28-24-17(18)11-16(12-27-24)15-7-5-6-14(2)10-15/h5-13,29H,4H2,1-3H3,(H,27,28). The number of aromatic nitrogens is 2. The van der Waals surface area contributed by atoms with Gasteiger partial charge in [-0.25, -0.2) is 13.8 Å². The summed E-state index contributed by atoms with van der Waals surface area (Å²) in [5.74, 6) is -3.34. The highest BCUT2D eigenvalue weighted by Gasteiger charge is 2.27. The van der Waals surface area contributed by atoms with Crippen molar-refractivity contribution < 1.29 is 22.0 Å². The van der Waals surface area contributed by atoms with Gasteiger partial charge in [0.05, 0.1) is 11.3 Å². The number of fused-ring (bicyclic) bond motifs is 1. The quantitative estimate of drug-likeness (QED) is 0.373. The van der Waals surface area contributed by atoms with E-state index in [4.69, 9.17) is 0 Å². The molecule has 7 nitrogen and oxygen atoms in total. The van der Waals surface area contributed by atoms with Gasteiger partial charge in [-0.2, -0.15) is 12.7 Å². The minimum atomic E-state index is -4.08. The summed E-state index contributed by atoms with van der Waals surface area (Å²) < 4.78 is 57.5. The van der Waals surface area contributed by atoms with Crippen LogP contribution in [0, 0.1) is 18.6 Å². The molecule has 2 N–H and O–H groups in total. The number of carbonyl (C=O) groups is 1. The van der Waals surface area contributed by atoms with E-state index in [2.05, 4.69) is 14.7 Å². The Balaban J connectivity index is 1.79. The van der Waals surface area contributed by atoms with Crippen molar-refractivity contribution in [1.29, 1.82) is 0 Å². The van der Waals surface area contributed by atoms with Crippen molar-refractivity contribution >= 4 is 32.7 Å². The van der Waals surface area contributed by atoms with Crippen LogP contribution in [0.2, 0.25) is 0 Å². The molecule has 10 heteroatoms. The highest BCUT2D eigenvalue weighted by atomic mass is 32.2. The van der Waals surface area contributed by atoms with Crippen LogP contribution in [0.4, 0.5) is 14.5 Å². The topological polar surface area (TPSA) is 95.2 Å². The van der Waals surface area contributed by atoms with Crippen LogP contribution in [-0.2, 0) is 10.2 Å². The lowest BCUT2D eigenvalue weighted by Gasteiger charge is -2.17. The van der Waals surface area contributed by atoms with E-state index in [0.29, 0.717) is 11.0 Å². The highest BCUT2D eigenvalue weighted by Crippen LogP contribution is 2.30. The third kappa shape index (κ3) is 4.29. The first-order valence-corrected chi connectivity index (χ1v) is 11.9. The molecule has 0 atom stereocenters. The van der Waals surface area contributed by atoms with Crippen molar-refractivity contribution in [3.63, 3.8) is 0 Å². The molecule has 0 amide bonds. The third-order valence-corrected chi connectivity index (χ3v) is 7.10. The second-order valence-electron chi connectivity index (χ2n) is 7.83. The number of rotatable bonds is 7. The molecule has 0 fully saturated rings. The largest absolute Gasteiger partial charge is 0.345 e. The van der Waals surface area contributed by atoms with Gasteiger partial charge >= 0.3 is 10.2 Å². The Labute approximate surface area is 195 Å². The summed E-state index contributed by atoms with van der Waals surface area (Å²) >= 11 is 0. The van der Waals surface area contributed by atoms with Crippen molar-refractivity contribution in [3.8, 4) is 11.1 Å². The van der Waals surface area contributed by atoms with E-state index in [-0.39, 0.29) is 12.1 Å². The molecule has 0 aliphatic heterocycles. The first-order valence-electron chi connectivity index (χ1n) is 10.4. The molecule has 0 unspecified atom stereocenters. The maximum Gasteiger partial charge on any atom is 0.301 e. The summed E-state index contributed by atoms with van der Waals surface area (Å²) in [4.78, 5) is 20.4. The van der Waals surface area contributed by atoms with Gasteiger partial charge in [-0.15, -0.1) is 0 Å². The summed E-state index contributed by atoms with van der Waals surface area (Å²) in [6, 6.07) is 11.2. The predicted molar refractivity (Wildman–Crippen MR) is 127 cm³/mol. The van der Waals surface area contributed by atoms with Gasteiger partial charge in [0, 0.05) is 42.5 Å². The Bertz CT molecular complexity index is 1520. The summed E-state index contributed by atoms with van der Waals surface area (Å²) in [5, 5.41) is 0.388. The number of hydrogen-bond acceptors (Lipinski definition) is 4. The molecule has 0 aliphatic carbocycles. The Morgan fingerprint density at radius 2 is 1.91 bits per heavy atom. The number of carbonyl (C=O) groups excluding carboxylic acids is 1. The van der Waals surface area contributed by atoms with Crippen LogP contribution >= 0.6 is 0 Å². The summed E-state index contributed by atoms with van der Waals surface area (Å²) in [6.07, 6.45) is 2.98. The van der Waals surface area contributed by atoms with Crippen molar-refractivity contribution in [2.45, 2.75) is 13.8 Å². The van der Waals surface area contributed by atoms with Crippen molar-refractivity contribution in [2.24, 2.45) is 0 Å². The van der Waals surface area contributed by atoms with Crippen molar-refractivity contribution in [3.05, 3.63) is 83.2 Å². The molecule has 4 rings (SSSR count). The van der Waals surface area contributed by atoms with Crippen LogP contribution < -0.4 is 4.72 Å². The molecule has 34 heavy (non-hydrogen) atoms. The Morgan fingerprint density at radius 3 is 2.62 bits per heavy atom. The zero-order chi connectivity index (χ0) is 24.6. The number of pyridine rings is 1. The molecular weight excluding hydrogens is 462 g/mol. The molecule has 4 aromatic rings. The molecule has 0 spiro atoms. The van der Waals surface area contributed by atoms with Crippen LogP contribution in [-0.4, -0.2) is 42.1 Å². The van der Waals surface area contributed by atoms with Crippen molar-refractivity contribution in [2.75, 3.05) is 18.3 Å². The molecule has 2 aromatic heterocycles. The number of H-pyrrole nitrogens is 1. The van der Waals surface area contributed by atoms with Gasteiger partial charge in [-0.1, -0.05) is 36.8 Å². The van der Waals surface area contributed by atoms with E-state index in [9.17, 15) is 17.6 Å². The minimum Gasteiger partial charge on any atom is -0.345 e. The summed E-state index contributed by atoms with van der Waals surface area (Å²) in [5.41, 5.74) is 1.66. The molecule has 2 aromatic carbocycles. The maximum atomic E-state index is 15.2. The molecule has 0 saturated heterocycles. The van der Waals surface area contributed by atoms with Gasteiger partial charge in [-0.3, -0.25) is 9.52 Å². The zero-order valence-corrected chi connectivity index (χ0v) is 19.5. The first-order chi connectivity index (χ1) is 16.1. The van der Waals surface area contributed by atoms with E-state index in [0.717, 1.165) is 33.1 Å². The SMILES string of the molecule is CCN(C)S(=O)(=O)Nc1ccc(F)c(C(=O)c2c[nH]c3ncc(-c4cccc(C)c4)cc23)c1F. The molecule has 0 saturated carbocycles. The number of aromatic amines is 1. The van der Waals surface area contributed by atoms with Crippen LogP contribution in [0.25, 0.3) is 22.2 Å². The van der Waals surface area contributed by atoms with Crippen LogP contribution in [0.15, 0.2) is 54.9 Å². The monoisotopic (exact) mass is 484 g/mol. The number of nitrogens with zero attached hydrogens (tertiary/aromatic N) is 2. The minimum absolute atomic E-state index is 0.0143. The van der Waals surface area contributed by atoms with Crippen molar-refractivity contribution in [1.82, 2.24) is 14.3 Å². The number of nitrogens with one attached hydrogen (secondary N) is 2. The fourth-order valence-electron chi connectivity index (χ4n) is 3.53. The van der Waals surface area contributed by atoms with Gasteiger partial charge < -0.3 is 4.98 Å². The smallest absolute Gasteiger partial charge is 0.301 e. The number of anilines is 1. The molecule has 2 heterocycles. The lowest BCUT2D eigenvalue weighted by molar-refractivity contribution is 0.103. The highest BCUT2D eigenvalue weighted by molar-refractivity contribution is 7.90. The van der Waals surface area contributed by atoms with Crippen LogP contribution in [0.5, 0.6) is 0 Å². The van der Waals surface area contributed by atoms with E-state index >= 15 is 4.39 Å². The van der Waals surface area contributed by atoms with E-state index in [1.165, 1.54) is 13.2 Å². The summed E-state index contributed by atoms with van der Waals surface area (Å²) in [6.45, 7) is 3.69.